The van der Waals surface area contributed by atoms with Gasteiger partial charge in [0, 0.05) is 45.0 Å². The topological polar surface area (TPSA) is 6.48 Å². The zero-order chi connectivity index (χ0) is 38.8. The average Bonchev–Trinajstić information content (AvgIpc) is 3.31. The van der Waals surface area contributed by atoms with Crippen LogP contribution in [0, 0.1) is 6.92 Å². The number of benzene rings is 9. The van der Waals surface area contributed by atoms with Gasteiger partial charge in [-0.05, 0) is 122 Å². The third-order valence-electron chi connectivity index (χ3n) is 13.3. The van der Waals surface area contributed by atoms with Crippen LogP contribution < -0.4 is 31.5 Å². The Morgan fingerprint density at radius 3 is 1.17 bits per heavy atom. The van der Waals surface area contributed by atoms with Gasteiger partial charge in [0.2, 0.25) is 0 Å². The second-order valence-electron chi connectivity index (χ2n) is 16.5. The van der Waals surface area contributed by atoms with E-state index in [0.29, 0.717) is 0 Å². The molecule has 0 fully saturated rings. The van der Waals surface area contributed by atoms with Crippen LogP contribution in [-0.2, 0) is 0 Å². The maximum Gasteiger partial charge on any atom is 0.329 e. The summed E-state index contributed by atoms with van der Waals surface area (Å²) in [6.45, 7) is 2.24. The van der Waals surface area contributed by atoms with Gasteiger partial charge in [-0.3, -0.25) is 0 Å². The minimum atomic E-state index is 0.00199. The van der Waals surface area contributed by atoms with Crippen LogP contribution in [0.1, 0.15) is 5.56 Å². The number of fused-ring (bicyclic) bond motifs is 16. The molecular formula is C55H36B2N2. The van der Waals surface area contributed by atoms with E-state index in [1.54, 1.807) is 0 Å². The largest absolute Gasteiger partial charge is 0.376 e. The minimum absolute atomic E-state index is 0.00199. The average molecular weight is 747 g/mol. The number of hydrogen-bond donors (Lipinski definition) is 0. The molecule has 0 saturated heterocycles. The Bertz CT molecular complexity index is 3200. The Morgan fingerprint density at radius 2 is 0.695 bits per heavy atom. The maximum absolute atomic E-state index is 2.66. The summed E-state index contributed by atoms with van der Waals surface area (Å²) in [5.74, 6) is 0. The van der Waals surface area contributed by atoms with E-state index in [-0.39, 0.29) is 13.7 Å². The fourth-order valence-electron chi connectivity index (χ4n) is 10.7. The van der Waals surface area contributed by atoms with Crippen LogP contribution in [0.25, 0.3) is 66.8 Å². The normalized spacial score (nSPS) is 13.4. The number of nitrogens with zero attached hydrogens (tertiary/aromatic N) is 2. The van der Waals surface area contributed by atoms with Crippen molar-refractivity contribution >= 4 is 58.3 Å². The molecule has 9 aromatic rings. The summed E-state index contributed by atoms with van der Waals surface area (Å²) in [4.78, 5) is 5.32. The fourth-order valence-corrected chi connectivity index (χ4v) is 10.7. The molecule has 0 atom stereocenters. The fraction of sp³-hybridized carbons (Fsp3) is 0.0182. The highest BCUT2D eigenvalue weighted by molar-refractivity contribution is 6.96. The molecule has 0 aliphatic carbocycles. The highest BCUT2D eigenvalue weighted by Crippen LogP contribution is 2.53. The second-order valence-corrected chi connectivity index (χ2v) is 16.5. The first-order valence-corrected chi connectivity index (χ1v) is 20.7. The number of rotatable bonds is 3. The molecule has 4 aliphatic rings. The lowest BCUT2D eigenvalue weighted by atomic mass is 9.38. The molecule has 0 radical (unpaired) electrons. The highest BCUT2D eigenvalue weighted by atomic mass is 15.1. The molecule has 4 aliphatic heterocycles. The summed E-state index contributed by atoms with van der Waals surface area (Å²) < 4.78 is 0. The van der Waals surface area contributed by atoms with Crippen molar-refractivity contribution in [1.82, 2.24) is 0 Å². The smallest absolute Gasteiger partial charge is 0.329 e. The third kappa shape index (κ3) is 4.66. The van der Waals surface area contributed by atoms with Crippen LogP contribution in [0.5, 0.6) is 0 Å². The number of anilines is 4. The summed E-state index contributed by atoms with van der Waals surface area (Å²) >= 11 is 0. The van der Waals surface area contributed by atoms with Crippen molar-refractivity contribution in [3.63, 3.8) is 0 Å². The van der Waals surface area contributed by atoms with Gasteiger partial charge in [0.1, 0.15) is 0 Å². The van der Waals surface area contributed by atoms with Crippen LogP contribution in [0.3, 0.4) is 0 Å². The molecule has 0 aromatic heterocycles. The van der Waals surface area contributed by atoms with E-state index in [4.69, 9.17) is 0 Å². The van der Waals surface area contributed by atoms with Crippen molar-refractivity contribution in [2.45, 2.75) is 6.92 Å². The molecule has 0 amide bonds. The van der Waals surface area contributed by atoms with Gasteiger partial charge in [-0.1, -0.05) is 157 Å². The molecular weight excluding hydrogens is 710 g/mol. The molecule has 2 nitrogen and oxygen atoms in total. The zero-order valence-corrected chi connectivity index (χ0v) is 32.6. The van der Waals surface area contributed by atoms with Gasteiger partial charge in [0.15, 0.2) is 0 Å². The minimum Gasteiger partial charge on any atom is -0.376 e. The maximum atomic E-state index is 2.66. The number of hydrogen-bond acceptors (Lipinski definition) is 2. The van der Waals surface area contributed by atoms with Crippen LogP contribution in [0.2, 0.25) is 0 Å². The van der Waals surface area contributed by atoms with Crippen molar-refractivity contribution < 1.29 is 0 Å². The predicted octanol–water partition coefficient (Wildman–Crippen LogP) is 11.1. The van der Waals surface area contributed by atoms with Crippen LogP contribution in [0.15, 0.2) is 200 Å². The lowest BCUT2D eigenvalue weighted by Crippen LogP contribution is -2.65. The van der Waals surface area contributed by atoms with Gasteiger partial charge in [-0.15, -0.1) is 0 Å². The first-order chi connectivity index (χ1) is 29.2. The van der Waals surface area contributed by atoms with Gasteiger partial charge in [-0.25, -0.2) is 0 Å². The highest BCUT2D eigenvalue weighted by Gasteiger charge is 2.50. The van der Waals surface area contributed by atoms with Crippen LogP contribution >= 0.6 is 0 Å². The molecule has 0 spiro atoms. The van der Waals surface area contributed by atoms with Gasteiger partial charge in [0.25, 0.3) is 0 Å². The Kier molecular flexibility index (Phi) is 6.86. The Morgan fingerprint density at radius 1 is 0.288 bits per heavy atom. The SMILES string of the molecule is Cc1ccc2c(c1)-c1cc(-c3ccccc3)ccc1B1c3cccc4c3-c3c(cccc3N12)B1c2ccc(-c3ccccc3)cc2-c2cc(-c3ccccc3)ccc2N14. The lowest BCUT2D eigenvalue weighted by Gasteiger charge is -2.50. The molecule has 4 heteroatoms. The van der Waals surface area contributed by atoms with Crippen LogP contribution in [-0.4, -0.2) is 13.7 Å². The van der Waals surface area contributed by atoms with Gasteiger partial charge in [-0.2, -0.15) is 0 Å². The predicted molar refractivity (Wildman–Crippen MR) is 251 cm³/mol. The third-order valence-corrected chi connectivity index (χ3v) is 13.3. The molecule has 59 heavy (non-hydrogen) atoms. The Balaban J connectivity index is 1.08. The molecule has 272 valence electrons. The Hall–Kier alpha value is -7.29. The van der Waals surface area contributed by atoms with E-state index in [1.807, 2.05) is 0 Å². The van der Waals surface area contributed by atoms with Crippen molar-refractivity contribution in [2.75, 3.05) is 9.62 Å². The van der Waals surface area contributed by atoms with E-state index < -0.39 is 0 Å². The molecule has 9 aromatic carbocycles. The van der Waals surface area contributed by atoms with E-state index in [2.05, 4.69) is 217 Å². The molecule has 4 heterocycles. The lowest BCUT2D eigenvalue weighted by molar-refractivity contribution is 1.31. The van der Waals surface area contributed by atoms with Crippen molar-refractivity contribution in [3.8, 4) is 66.8 Å². The van der Waals surface area contributed by atoms with Crippen molar-refractivity contribution in [2.24, 2.45) is 0 Å². The summed E-state index contributed by atoms with van der Waals surface area (Å²) in [7, 11) is 0. The van der Waals surface area contributed by atoms with Crippen molar-refractivity contribution in [3.05, 3.63) is 206 Å². The zero-order valence-electron chi connectivity index (χ0n) is 32.6. The van der Waals surface area contributed by atoms with E-state index in [0.717, 1.165) is 0 Å². The number of aryl methyl sites for hydroxylation is 1. The van der Waals surface area contributed by atoms with Gasteiger partial charge >= 0.3 is 13.7 Å². The van der Waals surface area contributed by atoms with E-state index >= 15 is 0 Å². The van der Waals surface area contributed by atoms with Crippen molar-refractivity contribution in [1.29, 1.82) is 0 Å². The molecule has 0 N–H and O–H groups in total. The summed E-state index contributed by atoms with van der Waals surface area (Å²) in [6.07, 6.45) is 0. The molecule has 0 unspecified atom stereocenters. The van der Waals surface area contributed by atoms with Crippen LogP contribution in [0.4, 0.5) is 22.7 Å². The molecule has 0 bridgehead atoms. The van der Waals surface area contributed by atoms with Gasteiger partial charge in [0.05, 0.1) is 0 Å². The Labute approximate surface area is 345 Å². The summed E-state index contributed by atoms with van der Waals surface area (Å²) in [6, 6.07) is 75.1. The van der Waals surface area contributed by atoms with Gasteiger partial charge < -0.3 is 9.62 Å². The monoisotopic (exact) mass is 746 g/mol. The second kappa shape index (κ2) is 12.4. The first kappa shape index (κ1) is 32.8. The molecule has 13 rings (SSSR count). The molecule has 0 saturated carbocycles. The summed E-state index contributed by atoms with van der Waals surface area (Å²) in [5.41, 5.74) is 27.0. The van der Waals surface area contributed by atoms with E-state index in [1.165, 1.54) is 117 Å². The van der Waals surface area contributed by atoms with E-state index in [9.17, 15) is 0 Å². The quantitative estimate of drug-likeness (QED) is 0.166. The first-order valence-electron chi connectivity index (χ1n) is 20.7. The standard InChI is InChI=1S/C55H36B2N2/c1-35-23-29-50-44(31-35)42-32-39(36-13-5-2-6-14-36)24-27-46(42)56-48-19-12-22-53-55(48)54-49(20-11-21-52(54)58(50)56)57-47-28-25-40(37-15-7-3-8-16-37)33-43(47)45-34-41(26-30-51(45)59(53)57)38-17-9-4-10-18-38/h2-34H,1H3. The summed E-state index contributed by atoms with van der Waals surface area (Å²) in [5, 5.41) is 0.